The van der Waals surface area contributed by atoms with Crippen molar-refractivity contribution in [3.8, 4) is 0 Å². The highest BCUT2D eigenvalue weighted by Gasteiger charge is 2.31. The number of rotatable bonds is 4. The Kier molecular flexibility index (Phi) is 5.09. The van der Waals surface area contributed by atoms with Crippen LogP contribution in [0.3, 0.4) is 0 Å². The van der Waals surface area contributed by atoms with Crippen LogP contribution in [0.1, 0.15) is 38.5 Å². The first-order valence-corrected chi connectivity index (χ1v) is 8.45. The van der Waals surface area contributed by atoms with Gasteiger partial charge in [0.1, 0.15) is 5.60 Å². The molecule has 1 aliphatic rings. The molecule has 4 nitrogen and oxygen atoms in total. The number of hydrogen-bond acceptors (Lipinski definition) is 4. The van der Waals surface area contributed by atoms with Crippen LogP contribution in [0.25, 0.3) is 0 Å². The van der Waals surface area contributed by atoms with Crippen molar-refractivity contribution >= 4 is 33.4 Å². The van der Waals surface area contributed by atoms with Crippen molar-refractivity contribution in [3.63, 3.8) is 0 Å². The van der Waals surface area contributed by atoms with E-state index >= 15 is 0 Å². The smallest absolute Gasteiger partial charge is 0.407 e. The maximum atomic E-state index is 11.6. The molecule has 1 aliphatic carbocycles. The lowest BCUT2D eigenvalue weighted by Gasteiger charge is -2.36. The van der Waals surface area contributed by atoms with Crippen molar-refractivity contribution in [2.45, 2.75) is 57.8 Å². The van der Waals surface area contributed by atoms with Crippen molar-refractivity contribution in [1.82, 2.24) is 10.6 Å². The summed E-state index contributed by atoms with van der Waals surface area (Å²) in [4.78, 5) is 12.9. The summed E-state index contributed by atoms with van der Waals surface area (Å²) in [5.41, 5.74) is -0.433. The lowest BCUT2D eigenvalue weighted by atomic mass is 9.87. The van der Waals surface area contributed by atoms with Crippen LogP contribution in [0.5, 0.6) is 0 Å². The fraction of sp³-hybridized carbons (Fsp3) is 0.643. The summed E-state index contributed by atoms with van der Waals surface area (Å²) in [7, 11) is 0. The summed E-state index contributed by atoms with van der Waals surface area (Å²) in [5, 5.41) is 8.48. The number of thiophene rings is 1. The van der Waals surface area contributed by atoms with E-state index in [1.54, 1.807) is 11.3 Å². The molecule has 2 N–H and O–H groups in total. The largest absolute Gasteiger partial charge is 0.444 e. The van der Waals surface area contributed by atoms with Crippen molar-refractivity contribution in [3.05, 3.63) is 20.8 Å². The van der Waals surface area contributed by atoms with Crippen molar-refractivity contribution < 1.29 is 9.53 Å². The van der Waals surface area contributed by atoms with E-state index in [0.29, 0.717) is 6.04 Å². The second-order valence-corrected chi connectivity index (χ2v) is 8.04. The zero-order valence-electron chi connectivity index (χ0n) is 12.0. The second-order valence-electron chi connectivity index (χ2n) is 6.12. The highest BCUT2D eigenvalue weighted by Crippen LogP contribution is 2.23. The number of carbonyl (C=O) groups is 1. The molecule has 20 heavy (non-hydrogen) atoms. The van der Waals surface area contributed by atoms with E-state index in [2.05, 4.69) is 38.0 Å². The van der Waals surface area contributed by atoms with Crippen LogP contribution in [0.2, 0.25) is 0 Å². The van der Waals surface area contributed by atoms with E-state index in [1.807, 2.05) is 20.8 Å². The molecule has 0 bridgehead atoms. The third-order valence-corrected chi connectivity index (χ3v) is 4.74. The molecule has 1 aromatic heterocycles. The van der Waals surface area contributed by atoms with Crippen molar-refractivity contribution in [2.75, 3.05) is 0 Å². The first-order chi connectivity index (χ1) is 9.32. The summed E-state index contributed by atoms with van der Waals surface area (Å²) >= 11 is 5.20. The third kappa shape index (κ3) is 5.07. The van der Waals surface area contributed by atoms with Gasteiger partial charge in [-0.3, -0.25) is 0 Å². The number of amides is 1. The summed E-state index contributed by atoms with van der Waals surface area (Å²) < 4.78 is 6.37. The van der Waals surface area contributed by atoms with E-state index < -0.39 is 5.60 Å². The number of ether oxygens (including phenoxy) is 1. The summed E-state index contributed by atoms with van der Waals surface area (Å²) in [6.45, 7) is 6.50. The number of halogens is 1. The molecule has 1 fully saturated rings. The number of hydrogen-bond donors (Lipinski definition) is 2. The van der Waals surface area contributed by atoms with Gasteiger partial charge in [0.25, 0.3) is 0 Å². The quantitative estimate of drug-likeness (QED) is 0.861. The fourth-order valence-corrected chi connectivity index (χ4v) is 3.47. The zero-order valence-corrected chi connectivity index (χ0v) is 14.4. The SMILES string of the molecule is CC(C)(C)OC(=O)NC1CC(NCc2cc(Br)cs2)C1. The molecule has 1 heterocycles. The average Bonchev–Trinajstić information content (AvgIpc) is 2.64. The van der Waals surface area contributed by atoms with Crippen LogP contribution in [-0.4, -0.2) is 23.8 Å². The van der Waals surface area contributed by atoms with Crippen LogP contribution in [0, 0.1) is 0 Å². The molecule has 0 spiro atoms. The number of carbonyl (C=O) groups excluding carboxylic acids is 1. The minimum absolute atomic E-state index is 0.234. The minimum atomic E-state index is -0.433. The Morgan fingerprint density at radius 2 is 2.15 bits per heavy atom. The van der Waals surface area contributed by atoms with Gasteiger partial charge in [-0.2, -0.15) is 0 Å². The Bertz CT molecular complexity index is 464. The maximum absolute atomic E-state index is 11.6. The van der Waals surface area contributed by atoms with Crippen LogP contribution >= 0.6 is 27.3 Å². The van der Waals surface area contributed by atoms with Gasteiger partial charge in [0.15, 0.2) is 0 Å². The summed E-state index contributed by atoms with van der Waals surface area (Å²) in [6, 6.07) is 2.85. The molecule has 0 radical (unpaired) electrons. The Morgan fingerprint density at radius 3 is 2.70 bits per heavy atom. The minimum Gasteiger partial charge on any atom is -0.444 e. The van der Waals surface area contributed by atoms with Crippen molar-refractivity contribution in [1.29, 1.82) is 0 Å². The third-order valence-electron chi connectivity index (χ3n) is 3.05. The normalized spacial score (nSPS) is 22.2. The molecule has 0 aliphatic heterocycles. The van der Waals surface area contributed by atoms with Gasteiger partial charge in [0, 0.05) is 33.4 Å². The molecular weight excluding hydrogens is 340 g/mol. The van der Waals surface area contributed by atoms with Gasteiger partial charge in [-0.05, 0) is 55.6 Å². The van der Waals surface area contributed by atoms with E-state index in [-0.39, 0.29) is 12.1 Å². The van der Waals surface area contributed by atoms with Gasteiger partial charge in [0.2, 0.25) is 0 Å². The van der Waals surface area contributed by atoms with Crippen molar-refractivity contribution in [2.24, 2.45) is 0 Å². The Balaban J connectivity index is 1.61. The standard InChI is InChI=1S/C14H21BrN2O2S/c1-14(2,3)19-13(18)17-11-5-10(6-11)16-7-12-4-9(15)8-20-12/h4,8,10-11,16H,5-7H2,1-3H3,(H,17,18). The average molecular weight is 361 g/mol. The van der Waals surface area contributed by atoms with Gasteiger partial charge < -0.3 is 15.4 Å². The van der Waals surface area contributed by atoms with E-state index in [9.17, 15) is 4.79 Å². The molecule has 2 rings (SSSR count). The Hall–Kier alpha value is -0.590. The molecule has 6 heteroatoms. The van der Waals surface area contributed by atoms with E-state index in [4.69, 9.17) is 4.74 Å². The highest BCUT2D eigenvalue weighted by atomic mass is 79.9. The highest BCUT2D eigenvalue weighted by molar-refractivity contribution is 9.10. The van der Waals surface area contributed by atoms with Crippen LogP contribution < -0.4 is 10.6 Å². The lowest BCUT2D eigenvalue weighted by Crippen LogP contribution is -2.52. The molecule has 112 valence electrons. The Morgan fingerprint density at radius 1 is 1.45 bits per heavy atom. The van der Waals surface area contributed by atoms with Crippen LogP contribution in [0.4, 0.5) is 4.79 Å². The van der Waals surface area contributed by atoms with Gasteiger partial charge in [-0.25, -0.2) is 4.79 Å². The zero-order chi connectivity index (χ0) is 14.8. The maximum Gasteiger partial charge on any atom is 0.407 e. The topological polar surface area (TPSA) is 50.4 Å². The first-order valence-electron chi connectivity index (χ1n) is 6.77. The molecule has 0 atom stereocenters. The fourth-order valence-electron chi connectivity index (χ4n) is 2.07. The van der Waals surface area contributed by atoms with E-state index in [1.165, 1.54) is 4.88 Å². The van der Waals surface area contributed by atoms with Crippen LogP contribution in [0.15, 0.2) is 15.9 Å². The molecular formula is C14H21BrN2O2S. The van der Waals surface area contributed by atoms with Gasteiger partial charge in [-0.1, -0.05) is 0 Å². The van der Waals surface area contributed by atoms with E-state index in [0.717, 1.165) is 23.9 Å². The summed E-state index contributed by atoms with van der Waals surface area (Å²) in [6.07, 6.45) is 1.61. The molecule has 1 amide bonds. The second kappa shape index (κ2) is 6.45. The Labute approximate surface area is 132 Å². The predicted molar refractivity (Wildman–Crippen MR) is 85.0 cm³/mol. The van der Waals surface area contributed by atoms with Gasteiger partial charge in [-0.15, -0.1) is 11.3 Å². The monoisotopic (exact) mass is 360 g/mol. The molecule has 0 saturated heterocycles. The van der Waals surface area contributed by atoms with Gasteiger partial charge in [0.05, 0.1) is 0 Å². The molecule has 1 saturated carbocycles. The lowest BCUT2D eigenvalue weighted by molar-refractivity contribution is 0.0465. The summed E-state index contributed by atoms with van der Waals surface area (Å²) in [5.74, 6) is 0. The predicted octanol–water partition coefficient (Wildman–Crippen LogP) is 3.66. The molecule has 1 aromatic rings. The number of alkyl carbamates (subject to hydrolysis) is 1. The van der Waals surface area contributed by atoms with Gasteiger partial charge >= 0.3 is 6.09 Å². The molecule has 0 unspecified atom stereocenters. The number of nitrogens with one attached hydrogen (secondary N) is 2. The first kappa shape index (κ1) is 15.8. The van der Waals surface area contributed by atoms with Crippen LogP contribution in [-0.2, 0) is 11.3 Å². The molecule has 0 aromatic carbocycles.